The van der Waals surface area contributed by atoms with Gasteiger partial charge in [-0.05, 0) is 77.6 Å². The van der Waals surface area contributed by atoms with E-state index in [4.69, 9.17) is 18.9 Å². The fourth-order valence-electron chi connectivity index (χ4n) is 9.62. The number of hydrogen-bond donors (Lipinski definition) is 7. The summed E-state index contributed by atoms with van der Waals surface area (Å²) in [5.74, 6) is -4.44. The van der Waals surface area contributed by atoms with Crippen LogP contribution in [-0.4, -0.2) is 202 Å². The minimum atomic E-state index is -0.610. The van der Waals surface area contributed by atoms with Crippen LogP contribution in [0.5, 0.6) is 17.2 Å². The number of amides is 5. The number of rotatable bonds is 23. The number of phenols is 2. The van der Waals surface area contributed by atoms with Crippen LogP contribution >= 0.6 is 0 Å². The van der Waals surface area contributed by atoms with Crippen molar-refractivity contribution in [1.29, 1.82) is 0 Å². The number of aliphatic hydroxyl groups is 1. The van der Waals surface area contributed by atoms with Crippen molar-refractivity contribution >= 4 is 47.4 Å². The molecule has 0 spiro atoms. The fourth-order valence-corrected chi connectivity index (χ4v) is 9.62. The van der Waals surface area contributed by atoms with E-state index >= 15 is 0 Å². The summed E-state index contributed by atoms with van der Waals surface area (Å²) in [4.78, 5) is 106. The largest absolute Gasteiger partial charge is 0.507 e. The molecule has 2 aliphatic carbocycles. The number of fused-ring (bicyclic) bond motifs is 3. The zero-order valence-electron chi connectivity index (χ0n) is 48.4. The second-order valence-corrected chi connectivity index (χ2v) is 19.9. The van der Waals surface area contributed by atoms with Crippen molar-refractivity contribution in [3.63, 3.8) is 0 Å². The smallest absolute Gasteiger partial charge is 0.239 e. The molecule has 22 heteroatoms. The van der Waals surface area contributed by atoms with Gasteiger partial charge in [0.15, 0.2) is 12.1 Å². The Bertz CT molecular complexity index is 2370. The molecule has 2 aliphatic heterocycles. The lowest BCUT2D eigenvalue weighted by molar-refractivity contribution is -0.190. The lowest BCUT2D eigenvalue weighted by atomic mass is 9.75. The van der Waals surface area contributed by atoms with E-state index in [-0.39, 0.29) is 132 Å². The number of benzene rings is 2. The van der Waals surface area contributed by atoms with Crippen LogP contribution < -0.4 is 26.0 Å². The second kappa shape index (κ2) is 34.2. The molecule has 442 valence electrons. The minimum absolute atomic E-state index is 0.0209. The van der Waals surface area contributed by atoms with Crippen LogP contribution in [0.3, 0.4) is 0 Å². The molecule has 4 aliphatic rings. The Morgan fingerprint density at radius 2 is 1.43 bits per heavy atom. The summed E-state index contributed by atoms with van der Waals surface area (Å²) in [6.07, 6.45) is 3.02. The number of ketones is 2. The first-order chi connectivity index (χ1) is 37.8. The maximum absolute atomic E-state index is 13.5. The van der Waals surface area contributed by atoms with Gasteiger partial charge in [0.2, 0.25) is 35.3 Å². The number of methoxy groups -OCH3 is 2. The molecule has 2 saturated heterocycles. The van der Waals surface area contributed by atoms with Crippen LogP contribution in [0.1, 0.15) is 130 Å². The van der Waals surface area contributed by atoms with Crippen molar-refractivity contribution in [2.75, 3.05) is 100 Å². The van der Waals surface area contributed by atoms with E-state index in [2.05, 4.69) is 31.1 Å². The molecular formula is C57H89N7O15. The fraction of sp³-hybridized carbons (Fsp3) is 0.649. The highest BCUT2D eigenvalue weighted by atomic mass is 16.7. The molecule has 79 heavy (non-hydrogen) atoms. The molecule has 6 rings (SSSR count). The zero-order valence-corrected chi connectivity index (χ0v) is 48.4. The summed E-state index contributed by atoms with van der Waals surface area (Å²) >= 11 is 0. The second-order valence-electron chi connectivity index (χ2n) is 19.9. The van der Waals surface area contributed by atoms with Crippen molar-refractivity contribution in [3.8, 4) is 17.2 Å². The van der Waals surface area contributed by atoms with E-state index in [1.54, 1.807) is 26.3 Å². The Balaban J connectivity index is 0.000000688. The number of aromatic hydroxyl groups is 2. The predicted octanol–water partition coefficient (Wildman–Crippen LogP) is 2.76. The molecule has 2 fully saturated rings. The van der Waals surface area contributed by atoms with Crippen LogP contribution in [0.25, 0.3) is 0 Å². The summed E-state index contributed by atoms with van der Waals surface area (Å²) in [6, 6.07) is 4.76. The number of carbonyl (C=O) groups excluding carboxylic acids is 8. The van der Waals surface area contributed by atoms with Crippen molar-refractivity contribution in [2.45, 2.75) is 124 Å². The number of ether oxygens (including phenoxy) is 4. The van der Waals surface area contributed by atoms with Gasteiger partial charge >= 0.3 is 0 Å². The Kier molecular flexibility index (Phi) is 29.1. The van der Waals surface area contributed by atoms with Crippen molar-refractivity contribution < 1.29 is 72.6 Å². The first kappa shape index (κ1) is 67.2. The number of nitrogens with one attached hydrogen (secondary N) is 4. The van der Waals surface area contributed by atoms with Gasteiger partial charge in [-0.3, -0.25) is 38.5 Å². The molecule has 0 bridgehead atoms. The quantitative estimate of drug-likeness (QED) is 0.0408. The van der Waals surface area contributed by atoms with Crippen molar-refractivity contribution in [1.82, 2.24) is 36.0 Å². The molecule has 0 saturated carbocycles. The van der Waals surface area contributed by atoms with Gasteiger partial charge < -0.3 is 70.1 Å². The molecule has 0 radical (unpaired) electrons. The average Bonchev–Trinajstić information content (AvgIpc) is 3.57. The molecule has 22 nitrogen and oxygen atoms in total. The van der Waals surface area contributed by atoms with E-state index in [9.17, 15) is 53.7 Å². The van der Waals surface area contributed by atoms with Gasteiger partial charge in [0.05, 0.1) is 55.7 Å². The maximum Gasteiger partial charge on any atom is 0.239 e. The third-order valence-electron chi connectivity index (χ3n) is 14.4. The highest BCUT2D eigenvalue weighted by Gasteiger charge is 2.41. The summed E-state index contributed by atoms with van der Waals surface area (Å²) in [6.45, 7) is 18.3. The van der Waals surface area contributed by atoms with Gasteiger partial charge in [0, 0.05) is 101 Å². The van der Waals surface area contributed by atoms with Crippen LogP contribution in [0.2, 0.25) is 0 Å². The summed E-state index contributed by atoms with van der Waals surface area (Å²) < 4.78 is 21.3. The topological polar surface area (TPSA) is 292 Å². The monoisotopic (exact) mass is 1110 g/mol. The highest BCUT2D eigenvalue weighted by molar-refractivity contribution is 6.31. The van der Waals surface area contributed by atoms with Gasteiger partial charge in [0.25, 0.3) is 0 Å². The number of nitrogens with zero attached hydrogens (tertiary/aromatic N) is 3. The summed E-state index contributed by atoms with van der Waals surface area (Å²) in [5, 5.41) is 43.1. The third-order valence-corrected chi connectivity index (χ3v) is 14.4. The SMILES string of the molecule is CC.CC.COC1CN(C2CCOC(C)C2O)CCO1.COc1cccc2c1C(=O)c1c(O)c3c(c(O)c1C2=O)CC(C(=O)NCCCN(C)CCCNC(=O)CNC(=O)CNC(=O)CCN(C)C(=O)CC(C=O)C(C)C)CC3. The normalized spacial score (nSPS) is 19.7. The number of phenolic OH excluding ortho intramolecular Hbond substituents is 2. The first-order valence-electron chi connectivity index (χ1n) is 27.8. The number of hydrogen-bond acceptors (Lipinski definition) is 17. The van der Waals surface area contributed by atoms with E-state index in [1.165, 1.54) is 18.1 Å². The van der Waals surface area contributed by atoms with E-state index in [0.717, 1.165) is 32.4 Å². The van der Waals surface area contributed by atoms with Crippen LogP contribution in [0.4, 0.5) is 0 Å². The maximum atomic E-state index is 13.5. The molecule has 5 amide bonds. The van der Waals surface area contributed by atoms with E-state index in [1.807, 2.05) is 55.5 Å². The Morgan fingerprint density at radius 3 is 2.06 bits per heavy atom. The van der Waals surface area contributed by atoms with Gasteiger partial charge in [0.1, 0.15) is 23.5 Å². The zero-order chi connectivity index (χ0) is 58.9. The lowest BCUT2D eigenvalue weighted by Gasteiger charge is -2.43. The molecule has 2 heterocycles. The van der Waals surface area contributed by atoms with E-state index < -0.39 is 41.3 Å². The van der Waals surface area contributed by atoms with Crippen LogP contribution in [-0.2, 0) is 55.8 Å². The van der Waals surface area contributed by atoms with Crippen LogP contribution in [0, 0.1) is 17.8 Å². The Morgan fingerprint density at radius 1 is 0.810 bits per heavy atom. The van der Waals surface area contributed by atoms with E-state index in [0.29, 0.717) is 57.6 Å². The Hall–Kier alpha value is -6.04. The van der Waals surface area contributed by atoms with Crippen molar-refractivity contribution in [2.24, 2.45) is 17.8 Å². The highest BCUT2D eigenvalue weighted by Crippen LogP contribution is 2.47. The Labute approximate surface area is 466 Å². The molecular weight excluding hydrogens is 1020 g/mol. The number of carbonyl (C=O) groups is 8. The predicted molar refractivity (Wildman–Crippen MR) is 296 cm³/mol. The first-order valence-corrected chi connectivity index (χ1v) is 27.8. The van der Waals surface area contributed by atoms with Crippen molar-refractivity contribution in [3.05, 3.63) is 51.6 Å². The van der Waals surface area contributed by atoms with Gasteiger partial charge in [-0.2, -0.15) is 0 Å². The van der Waals surface area contributed by atoms with Gasteiger partial charge in [-0.25, -0.2) is 0 Å². The standard InChI is InChI=1S/C42H56N6O11.C11H21NO4.2C2H6/c1-24(2)26(23-49)20-34(53)48(4)18-13-31(50)45-22-33(52)46-21-32(51)43-14-7-16-47(3)17-8-15-44-42(58)25-11-12-27-29(19-25)40(56)36-37(38(27)54)41(57)35-28(39(36)55)9-6-10-30(35)59-5;1-8-11(13)9(3-5-15-8)12-4-6-16-10(7-12)14-2;2*1-2/h6,9-10,23-26,54,56H,7-8,11-22H2,1-5H3,(H,43,51)(H,44,58)(H,45,50)(H,46,52);8-11,13H,3-7H2,1-2H3;2*1-2H3. The average molecular weight is 1110 g/mol. The molecule has 2 aromatic rings. The molecule has 7 N–H and O–H groups in total. The molecule has 0 aromatic heterocycles. The third kappa shape index (κ3) is 19.1. The number of morpholine rings is 1. The number of aldehydes is 1. The van der Waals surface area contributed by atoms with Crippen LogP contribution in [0.15, 0.2) is 18.2 Å². The van der Waals surface area contributed by atoms with Gasteiger partial charge in [-0.1, -0.05) is 53.7 Å². The summed E-state index contributed by atoms with van der Waals surface area (Å²) in [5.41, 5.74) is 0.243. The van der Waals surface area contributed by atoms with Gasteiger partial charge in [-0.15, -0.1) is 0 Å². The molecule has 6 unspecified atom stereocenters. The molecule has 6 atom stereocenters. The number of aliphatic hydroxyl groups excluding tert-OH is 1. The lowest BCUT2D eigenvalue weighted by Crippen LogP contribution is -2.57. The summed E-state index contributed by atoms with van der Waals surface area (Å²) in [7, 11) is 6.49. The molecule has 2 aromatic carbocycles. The minimum Gasteiger partial charge on any atom is -0.507 e.